The number of hydrogen-bond acceptors (Lipinski definition) is 2. The van der Waals surface area contributed by atoms with Gasteiger partial charge in [-0.3, -0.25) is 0 Å². The van der Waals surface area contributed by atoms with Crippen LogP contribution in [0.25, 0.3) is 10.9 Å². The molecule has 1 atom stereocenters. The van der Waals surface area contributed by atoms with Crippen LogP contribution in [0.15, 0.2) is 24.4 Å². The minimum Gasteiger partial charge on any atom is -0.479 e. The number of aromatic amines is 1. The summed E-state index contributed by atoms with van der Waals surface area (Å²) in [6.07, 6.45) is -0.116. The van der Waals surface area contributed by atoms with Crippen molar-refractivity contribution >= 4 is 16.9 Å². The number of rotatable bonds is 3. The van der Waals surface area contributed by atoms with Crippen LogP contribution in [0.5, 0.6) is 0 Å². The summed E-state index contributed by atoms with van der Waals surface area (Å²) < 4.78 is 13.5. The monoisotopic (exact) mass is 223 g/mol. The molecular weight excluding hydrogens is 213 g/mol. The smallest absolute Gasteiger partial charge is 0.332 e. The van der Waals surface area contributed by atoms with Crippen molar-refractivity contribution < 1.29 is 19.4 Å². The Kier molecular flexibility index (Phi) is 2.62. The van der Waals surface area contributed by atoms with E-state index in [0.29, 0.717) is 16.5 Å². The highest BCUT2D eigenvalue weighted by Crippen LogP contribution is 2.22. The van der Waals surface area contributed by atoms with E-state index in [4.69, 9.17) is 5.11 Å². The number of H-pyrrole nitrogens is 1. The summed E-state index contributed by atoms with van der Waals surface area (Å²) in [7, 11) is 0. The number of fused-ring (bicyclic) bond motifs is 1. The molecule has 4 nitrogen and oxygen atoms in total. The van der Waals surface area contributed by atoms with Crippen LogP contribution in [0.3, 0.4) is 0 Å². The Hall–Kier alpha value is -1.88. The number of benzene rings is 1. The zero-order valence-electron chi connectivity index (χ0n) is 8.27. The molecule has 2 rings (SSSR count). The summed E-state index contributed by atoms with van der Waals surface area (Å²) in [5.41, 5.74) is 1.05. The number of carboxylic acid groups (broad SMARTS) is 1. The lowest BCUT2D eigenvalue weighted by Crippen LogP contribution is -2.21. The molecule has 2 aromatic rings. The van der Waals surface area contributed by atoms with E-state index in [1.807, 2.05) is 0 Å². The molecule has 0 saturated heterocycles. The van der Waals surface area contributed by atoms with Crippen LogP contribution >= 0.6 is 0 Å². The number of hydrogen-bond donors (Lipinski definition) is 3. The van der Waals surface area contributed by atoms with Crippen molar-refractivity contribution in [1.82, 2.24) is 4.98 Å². The predicted molar refractivity (Wildman–Crippen MR) is 55.6 cm³/mol. The second-order valence-electron chi connectivity index (χ2n) is 3.53. The number of aromatic nitrogens is 1. The summed E-state index contributed by atoms with van der Waals surface area (Å²) >= 11 is 0. The fraction of sp³-hybridized carbons (Fsp3) is 0.182. The Morgan fingerprint density at radius 1 is 1.50 bits per heavy atom. The Morgan fingerprint density at radius 2 is 2.25 bits per heavy atom. The first-order valence-corrected chi connectivity index (χ1v) is 4.75. The van der Waals surface area contributed by atoms with Crippen molar-refractivity contribution in [3.8, 4) is 0 Å². The van der Waals surface area contributed by atoms with E-state index in [1.54, 1.807) is 12.1 Å². The van der Waals surface area contributed by atoms with Gasteiger partial charge in [-0.25, -0.2) is 9.18 Å². The normalized spacial score (nSPS) is 12.9. The molecule has 0 unspecified atom stereocenters. The standard InChI is InChI=1S/C11H10FNO3/c12-7-2-1-3-8-10(7)6(5-13-8)4-9(14)11(15)16/h1-3,5,9,13-14H,4H2,(H,15,16)/t9-/m0/s1. The third-order valence-electron chi connectivity index (χ3n) is 2.43. The highest BCUT2D eigenvalue weighted by atomic mass is 19.1. The molecule has 0 aliphatic heterocycles. The van der Waals surface area contributed by atoms with Crippen LogP contribution in [0, 0.1) is 5.82 Å². The van der Waals surface area contributed by atoms with Gasteiger partial charge in [-0.2, -0.15) is 0 Å². The van der Waals surface area contributed by atoms with Gasteiger partial charge in [0, 0.05) is 23.5 Å². The van der Waals surface area contributed by atoms with Crippen molar-refractivity contribution in [3.63, 3.8) is 0 Å². The highest BCUT2D eigenvalue weighted by molar-refractivity contribution is 5.84. The maximum atomic E-state index is 13.5. The molecule has 16 heavy (non-hydrogen) atoms. The molecule has 0 aliphatic rings. The van der Waals surface area contributed by atoms with Crippen molar-refractivity contribution in [2.24, 2.45) is 0 Å². The quantitative estimate of drug-likeness (QED) is 0.734. The number of nitrogens with one attached hydrogen (secondary N) is 1. The number of carboxylic acids is 1. The van der Waals surface area contributed by atoms with E-state index in [0.717, 1.165) is 0 Å². The molecule has 1 aromatic heterocycles. The van der Waals surface area contributed by atoms with Crippen molar-refractivity contribution in [2.75, 3.05) is 0 Å². The number of aliphatic hydroxyl groups excluding tert-OH is 1. The van der Waals surface area contributed by atoms with E-state index >= 15 is 0 Å². The van der Waals surface area contributed by atoms with E-state index < -0.39 is 17.9 Å². The Balaban J connectivity index is 2.42. The van der Waals surface area contributed by atoms with Crippen LogP contribution < -0.4 is 0 Å². The van der Waals surface area contributed by atoms with Crippen molar-refractivity contribution in [1.29, 1.82) is 0 Å². The van der Waals surface area contributed by atoms with E-state index in [-0.39, 0.29) is 6.42 Å². The lowest BCUT2D eigenvalue weighted by molar-refractivity contribution is -0.146. The molecule has 1 heterocycles. The Morgan fingerprint density at radius 3 is 2.94 bits per heavy atom. The first-order valence-electron chi connectivity index (χ1n) is 4.75. The second kappa shape index (κ2) is 3.94. The lowest BCUT2D eigenvalue weighted by atomic mass is 10.1. The molecule has 0 spiro atoms. The fourth-order valence-electron chi connectivity index (χ4n) is 1.66. The average Bonchev–Trinajstić information content (AvgIpc) is 2.63. The van der Waals surface area contributed by atoms with E-state index in [9.17, 15) is 14.3 Å². The van der Waals surface area contributed by atoms with Gasteiger partial charge in [0.1, 0.15) is 5.82 Å². The van der Waals surface area contributed by atoms with Crippen LogP contribution in [-0.4, -0.2) is 27.3 Å². The topological polar surface area (TPSA) is 73.3 Å². The maximum absolute atomic E-state index is 13.5. The van der Waals surface area contributed by atoms with Crippen molar-refractivity contribution in [2.45, 2.75) is 12.5 Å². The van der Waals surface area contributed by atoms with Gasteiger partial charge in [0.2, 0.25) is 0 Å². The molecule has 0 bridgehead atoms. The first-order chi connectivity index (χ1) is 7.59. The van der Waals surface area contributed by atoms with Gasteiger partial charge < -0.3 is 15.2 Å². The van der Waals surface area contributed by atoms with Crippen LogP contribution in [0.1, 0.15) is 5.56 Å². The van der Waals surface area contributed by atoms with E-state index in [2.05, 4.69) is 4.98 Å². The minimum absolute atomic E-state index is 0.115. The zero-order chi connectivity index (χ0) is 11.7. The van der Waals surface area contributed by atoms with Gasteiger partial charge in [-0.1, -0.05) is 6.07 Å². The first kappa shape index (κ1) is 10.6. The van der Waals surface area contributed by atoms with Gasteiger partial charge >= 0.3 is 5.97 Å². The number of carbonyl (C=O) groups is 1. The molecule has 0 radical (unpaired) electrons. The van der Waals surface area contributed by atoms with Gasteiger partial charge in [-0.15, -0.1) is 0 Å². The van der Waals surface area contributed by atoms with Gasteiger partial charge in [-0.05, 0) is 17.7 Å². The summed E-state index contributed by atoms with van der Waals surface area (Å²) in [4.78, 5) is 13.3. The maximum Gasteiger partial charge on any atom is 0.332 e. The van der Waals surface area contributed by atoms with Crippen LogP contribution in [-0.2, 0) is 11.2 Å². The summed E-state index contributed by atoms with van der Waals surface area (Å²) in [5.74, 6) is -1.74. The number of aliphatic hydroxyl groups is 1. The Bertz CT molecular complexity index is 535. The number of aliphatic carboxylic acids is 1. The third kappa shape index (κ3) is 1.77. The molecule has 1 aromatic carbocycles. The summed E-state index contributed by atoms with van der Waals surface area (Å²) in [5, 5.41) is 18.1. The fourth-order valence-corrected chi connectivity index (χ4v) is 1.66. The molecule has 0 amide bonds. The predicted octanol–water partition coefficient (Wildman–Crippen LogP) is 1.30. The van der Waals surface area contributed by atoms with Gasteiger partial charge in [0.05, 0.1) is 0 Å². The number of halogens is 1. The molecule has 0 saturated carbocycles. The molecule has 0 fully saturated rings. The minimum atomic E-state index is -1.52. The molecular formula is C11H10FNO3. The van der Waals surface area contributed by atoms with Crippen molar-refractivity contribution in [3.05, 3.63) is 35.8 Å². The SMILES string of the molecule is O=C(O)[C@@H](O)Cc1c[nH]c2cccc(F)c12. The lowest BCUT2D eigenvalue weighted by Gasteiger charge is -2.04. The highest BCUT2D eigenvalue weighted by Gasteiger charge is 2.17. The molecule has 5 heteroatoms. The summed E-state index contributed by atoms with van der Waals surface area (Å²) in [6.45, 7) is 0. The summed E-state index contributed by atoms with van der Waals surface area (Å²) in [6, 6.07) is 4.55. The van der Waals surface area contributed by atoms with Crippen LogP contribution in [0.4, 0.5) is 4.39 Å². The average molecular weight is 223 g/mol. The van der Waals surface area contributed by atoms with Gasteiger partial charge in [0.25, 0.3) is 0 Å². The largest absolute Gasteiger partial charge is 0.479 e. The van der Waals surface area contributed by atoms with Crippen LogP contribution in [0.2, 0.25) is 0 Å². The third-order valence-corrected chi connectivity index (χ3v) is 2.43. The second-order valence-corrected chi connectivity index (χ2v) is 3.53. The molecule has 3 N–H and O–H groups in total. The van der Waals surface area contributed by atoms with Gasteiger partial charge in [0.15, 0.2) is 6.10 Å². The molecule has 0 aliphatic carbocycles. The van der Waals surface area contributed by atoms with E-state index in [1.165, 1.54) is 12.3 Å². The molecule has 84 valence electrons. The Labute approximate surface area is 90.3 Å². The zero-order valence-corrected chi connectivity index (χ0v) is 8.27.